The lowest BCUT2D eigenvalue weighted by atomic mass is 9.97. The molecule has 0 amide bonds. The van der Waals surface area contributed by atoms with Crippen molar-refractivity contribution < 1.29 is 0 Å². The standard InChI is InChI=1S/C57H44N4/c1-59(51-14-3-2-4-15-51)55-16-9-17-56-57(55)58-39-61(56)54-31-28-49-33-41(21-24-50(49)37-54)19-18-40-20-23-48-34-42(22-25-47(48)32-40)38-60(52-29-26-43-10-5-7-12-45(43)35-52)53-30-27-44-11-6-8-13-46(44)36-53/h2-37,39,56-57H,38H2,1H3. The molecule has 0 fully saturated rings. The zero-order valence-electron chi connectivity index (χ0n) is 34.0. The lowest BCUT2D eigenvalue weighted by molar-refractivity contribution is 0.685. The molecule has 2 aliphatic rings. The molecular formula is C57H44N4. The fourth-order valence-electron chi connectivity index (χ4n) is 9.05. The van der Waals surface area contributed by atoms with Gasteiger partial charge in [0.1, 0.15) is 6.04 Å². The largest absolute Gasteiger partial charge is 0.346 e. The number of anilines is 4. The van der Waals surface area contributed by atoms with Gasteiger partial charge in [0.2, 0.25) is 0 Å². The number of fused-ring (bicyclic) bond motifs is 5. The number of para-hydroxylation sites is 1. The second kappa shape index (κ2) is 15.5. The summed E-state index contributed by atoms with van der Waals surface area (Å²) < 4.78 is 0. The third-order valence-corrected chi connectivity index (χ3v) is 12.4. The van der Waals surface area contributed by atoms with Gasteiger partial charge in [-0.25, -0.2) is 0 Å². The van der Waals surface area contributed by atoms with Crippen molar-refractivity contribution in [2.45, 2.75) is 18.6 Å². The van der Waals surface area contributed by atoms with Gasteiger partial charge in [-0.1, -0.05) is 146 Å². The quantitative estimate of drug-likeness (QED) is 0.136. The molecule has 0 saturated carbocycles. The first kappa shape index (κ1) is 36.4. The molecule has 2 atom stereocenters. The topological polar surface area (TPSA) is 22.1 Å². The minimum atomic E-state index is 0.0445. The van der Waals surface area contributed by atoms with Crippen molar-refractivity contribution in [1.82, 2.24) is 0 Å². The van der Waals surface area contributed by atoms with Crippen molar-refractivity contribution in [2.75, 3.05) is 21.7 Å². The number of allylic oxidation sites excluding steroid dienone is 2. The summed E-state index contributed by atoms with van der Waals surface area (Å²) in [6.45, 7) is 0.756. The maximum atomic E-state index is 4.99. The van der Waals surface area contributed by atoms with E-state index in [1.54, 1.807) is 0 Å². The first-order chi connectivity index (χ1) is 30.1. The minimum absolute atomic E-state index is 0.0445. The Hall–Kier alpha value is -7.69. The van der Waals surface area contributed by atoms with E-state index >= 15 is 0 Å². The molecule has 4 heteroatoms. The number of rotatable bonds is 9. The average Bonchev–Trinajstić information content (AvgIpc) is 3.77. The molecule has 9 aromatic carbocycles. The van der Waals surface area contributed by atoms with E-state index in [1.165, 1.54) is 76.9 Å². The molecular weight excluding hydrogens is 741 g/mol. The Morgan fingerprint density at radius 1 is 0.508 bits per heavy atom. The monoisotopic (exact) mass is 784 g/mol. The van der Waals surface area contributed by atoms with E-state index in [1.807, 2.05) is 6.34 Å². The van der Waals surface area contributed by atoms with E-state index in [4.69, 9.17) is 4.99 Å². The molecule has 0 spiro atoms. The molecule has 0 bridgehead atoms. The van der Waals surface area contributed by atoms with E-state index in [0.29, 0.717) is 0 Å². The van der Waals surface area contributed by atoms with E-state index in [9.17, 15) is 0 Å². The Balaban J connectivity index is 0.807. The first-order valence-electron chi connectivity index (χ1n) is 21.1. The Bertz CT molecular complexity index is 3150. The predicted octanol–water partition coefficient (Wildman–Crippen LogP) is 14.0. The zero-order chi connectivity index (χ0) is 40.7. The fraction of sp³-hybridized carbons (Fsp3) is 0.0702. The summed E-state index contributed by atoms with van der Waals surface area (Å²) in [5.41, 5.74) is 9.49. The highest BCUT2D eigenvalue weighted by atomic mass is 15.3. The maximum absolute atomic E-state index is 4.99. The molecule has 2 unspecified atom stereocenters. The van der Waals surface area contributed by atoms with Gasteiger partial charge in [-0.05, 0) is 133 Å². The van der Waals surface area contributed by atoms with Crippen LogP contribution in [-0.4, -0.2) is 25.5 Å². The van der Waals surface area contributed by atoms with Gasteiger partial charge in [0.05, 0.1) is 12.4 Å². The molecule has 1 aliphatic carbocycles. The van der Waals surface area contributed by atoms with Crippen molar-refractivity contribution in [3.63, 3.8) is 0 Å². The number of nitrogens with zero attached hydrogens (tertiary/aromatic N) is 4. The normalized spacial score (nSPS) is 15.9. The van der Waals surface area contributed by atoms with Crippen LogP contribution in [0.4, 0.5) is 22.7 Å². The van der Waals surface area contributed by atoms with Gasteiger partial charge in [-0.3, -0.25) is 4.99 Å². The summed E-state index contributed by atoms with van der Waals surface area (Å²) >= 11 is 0. The molecule has 292 valence electrons. The van der Waals surface area contributed by atoms with E-state index in [0.717, 1.165) is 17.9 Å². The predicted molar refractivity (Wildman–Crippen MR) is 261 cm³/mol. The Morgan fingerprint density at radius 3 is 1.72 bits per heavy atom. The molecule has 0 aromatic heterocycles. The third-order valence-electron chi connectivity index (χ3n) is 12.4. The molecule has 0 N–H and O–H groups in total. The lowest BCUT2D eigenvalue weighted by Crippen LogP contribution is -2.40. The van der Waals surface area contributed by atoms with Crippen LogP contribution in [-0.2, 0) is 6.54 Å². The Labute approximate surface area is 356 Å². The average molecular weight is 785 g/mol. The Morgan fingerprint density at radius 2 is 1.05 bits per heavy atom. The first-order valence-corrected chi connectivity index (χ1v) is 21.1. The van der Waals surface area contributed by atoms with Crippen LogP contribution in [0, 0.1) is 0 Å². The second-order valence-electron chi connectivity index (χ2n) is 16.2. The van der Waals surface area contributed by atoms with Gasteiger partial charge in [0.15, 0.2) is 0 Å². The lowest BCUT2D eigenvalue weighted by Gasteiger charge is -2.33. The van der Waals surface area contributed by atoms with Crippen molar-refractivity contribution >= 4 is 84.3 Å². The third kappa shape index (κ3) is 7.13. The Kier molecular flexibility index (Phi) is 9.24. The van der Waals surface area contributed by atoms with Gasteiger partial charge in [-0.15, -0.1) is 0 Å². The molecule has 1 heterocycles. The molecule has 9 aromatic rings. The number of likely N-dealkylation sites (N-methyl/N-ethyl adjacent to an activating group) is 1. The summed E-state index contributed by atoms with van der Waals surface area (Å²) in [5, 5.41) is 9.88. The number of aliphatic imine (C=N–C) groups is 1. The van der Waals surface area contributed by atoms with Gasteiger partial charge >= 0.3 is 0 Å². The number of hydrogen-bond donors (Lipinski definition) is 0. The summed E-state index contributed by atoms with van der Waals surface area (Å²) in [6.07, 6.45) is 13.1. The van der Waals surface area contributed by atoms with Crippen molar-refractivity contribution in [3.8, 4) is 0 Å². The van der Waals surface area contributed by atoms with Crippen LogP contribution in [0.1, 0.15) is 16.7 Å². The van der Waals surface area contributed by atoms with Crippen molar-refractivity contribution in [3.05, 3.63) is 229 Å². The van der Waals surface area contributed by atoms with E-state index in [-0.39, 0.29) is 12.1 Å². The van der Waals surface area contributed by atoms with Gasteiger partial charge in [0, 0.05) is 42.0 Å². The van der Waals surface area contributed by atoms with Gasteiger partial charge in [0.25, 0.3) is 0 Å². The van der Waals surface area contributed by atoms with Crippen molar-refractivity contribution in [2.24, 2.45) is 4.99 Å². The maximum Gasteiger partial charge on any atom is 0.116 e. The summed E-state index contributed by atoms with van der Waals surface area (Å²) in [7, 11) is 2.13. The van der Waals surface area contributed by atoms with Crippen LogP contribution >= 0.6 is 0 Å². The minimum Gasteiger partial charge on any atom is -0.346 e. The number of hydrogen-bond acceptors (Lipinski definition) is 4. The van der Waals surface area contributed by atoms with Crippen LogP contribution < -0.4 is 14.7 Å². The zero-order valence-corrected chi connectivity index (χ0v) is 34.0. The van der Waals surface area contributed by atoms with Crippen LogP contribution in [0.2, 0.25) is 0 Å². The summed E-state index contributed by atoms with van der Waals surface area (Å²) in [5.74, 6) is 0. The van der Waals surface area contributed by atoms with Gasteiger partial charge in [-0.2, -0.15) is 0 Å². The van der Waals surface area contributed by atoms with E-state index in [2.05, 4.69) is 240 Å². The van der Waals surface area contributed by atoms with E-state index < -0.39 is 0 Å². The molecule has 0 saturated heterocycles. The van der Waals surface area contributed by atoms with Crippen LogP contribution in [0.5, 0.6) is 0 Å². The van der Waals surface area contributed by atoms with Crippen LogP contribution in [0.3, 0.4) is 0 Å². The summed E-state index contributed by atoms with van der Waals surface area (Å²) in [4.78, 5) is 12.0. The molecule has 0 radical (unpaired) electrons. The fourth-order valence-corrected chi connectivity index (χ4v) is 9.05. The highest BCUT2D eigenvalue weighted by molar-refractivity contribution is 5.94. The molecule has 11 rings (SSSR count). The van der Waals surface area contributed by atoms with Gasteiger partial charge < -0.3 is 14.7 Å². The highest BCUT2D eigenvalue weighted by Crippen LogP contribution is 2.36. The molecule has 4 nitrogen and oxygen atoms in total. The smallest absolute Gasteiger partial charge is 0.116 e. The second-order valence-corrected chi connectivity index (χ2v) is 16.2. The van der Waals surface area contributed by atoms with Crippen molar-refractivity contribution in [1.29, 1.82) is 0 Å². The highest BCUT2D eigenvalue weighted by Gasteiger charge is 2.35. The van der Waals surface area contributed by atoms with Crippen LogP contribution in [0.15, 0.2) is 217 Å². The molecule has 1 aliphatic heterocycles. The SMILES string of the molecule is CN(C1=CC=CC2C1N=CN2c1ccc2cc(C=Cc3ccc4cc(CN(c5ccc6ccccc6c5)c5ccc6ccccc6c5)ccc4c3)ccc2c1)c1ccccc1. The summed E-state index contributed by atoms with van der Waals surface area (Å²) in [6, 6.07) is 68.5. The number of benzene rings is 9. The molecule has 61 heavy (non-hydrogen) atoms. The van der Waals surface area contributed by atoms with Crippen LogP contribution in [0.25, 0.3) is 55.2 Å².